The highest BCUT2D eigenvalue weighted by molar-refractivity contribution is 5.85. The van der Waals surface area contributed by atoms with Crippen LogP contribution in [-0.4, -0.2) is 9.55 Å². The van der Waals surface area contributed by atoms with Crippen LogP contribution >= 0.6 is 0 Å². The molecule has 2 aromatic heterocycles. The number of hydrogen-bond donors (Lipinski definition) is 0. The molecule has 0 saturated heterocycles. The van der Waals surface area contributed by atoms with Crippen molar-refractivity contribution in [1.29, 1.82) is 0 Å². The molecule has 12 heavy (non-hydrogen) atoms. The van der Waals surface area contributed by atoms with E-state index in [1.165, 1.54) is 22.0 Å². The molecule has 0 spiro atoms. The Kier molecular flexibility index (Phi) is 1.43. The molecule has 2 aromatic rings. The van der Waals surface area contributed by atoms with E-state index in [1.54, 1.807) is 0 Å². The second kappa shape index (κ2) is 2.34. The van der Waals surface area contributed by atoms with E-state index in [0.717, 1.165) is 0 Å². The Morgan fingerprint density at radius 2 is 1.92 bits per heavy atom. The van der Waals surface area contributed by atoms with E-state index < -0.39 is 0 Å². The molecular weight excluding hydrogens is 148 g/mol. The van der Waals surface area contributed by atoms with Crippen LogP contribution in [0.25, 0.3) is 10.9 Å². The fourth-order valence-corrected chi connectivity index (χ4v) is 1.76. The molecule has 0 atom stereocenters. The van der Waals surface area contributed by atoms with Crippen molar-refractivity contribution >= 4 is 10.9 Å². The van der Waals surface area contributed by atoms with Crippen LogP contribution in [-0.2, 0) is 7.05 Å². The second-order valence-corrected chi connectivity index (χ2v) is 3.27. The first-order chi connectivity index (χ1) is 5.70. The number of fused-ring (bicyclic) bond motifs is 1. The van der Waals surface area contributed by atoms with Gasteiger partial charge in [-0.15, -0.1) is 0 Å². The molecular formula is C10H12N2. The summed E-state index contributed by atoms with van der Waals surface area (Å²) in [6.45, 7) is 4.23. The molecule has 0 aliphatic heterocycles. The molecule has 2 nitrogen and oxygen atoms in total. The fraction of sp³-hybridized carbons (Fsp3) is 0.300. The van der Waals surface area contributed by atoms with E-state index in [4.69, 9.17) is 0 Å². The average molecular weight is 160 g/mol. The molecule has 2 rings (SSSR count). The van der Waals surface area contributed by atoms with Crippen LogP contribution < -0.4 is 0 Å². The van der Waals surface area contributed by atoms with Crippen LogP contribution in [0, 0.1) is 13.8 Å². The van der Waals surface area contributed by atoms with E-state index in [-0.39, 0.29) is 0 Å². The first-order valence-corrected chi connectivity index (χ1v) is 4.06. The van der Waals surface area contributed by atoms with Crippen molar-refractivity contribution in [3.05, 3.63) is 29.7 Å². The van der Waals surface area contributed by atoms with Gasteiger partial charge in [-0.25, -0.2) is 0 Å². The van der Waals surface area contributed by atoms with Crippen molar-refractivity contribution < 1.29 is 0 Å². The molecule has 0 aliphatic carbocycles. The number of aryl methyl sites for hydroxylation is 3. The van der Waals surface area contributed by atoms with Gasteiger partial charge in [0.15, 0.2) is 0 Å². The van der Waals surface area contributed by atoms with E-state index in [0.29, 0.717) is 0 Å². The molecule has 62 valence electrons. The van der Waals surface area contributed by atoms with Crippen LogP contribution in [0.15, 0.2) is 18.6 Å². The van der Waals surface area contributed by atoms with Crippen LogP contribution in [0.2, 0.25) is 0 Å². The van der Waals surface area contributed by atoms with E-state index in [2.05, 4.69) is 36.6 Å². The third-order valence-corrected chi connectivity index (χ3v) is 2.28. The smallest absolute Gasteiger partial charge is 0.0669 e. The van der Waals surface area contributed by atoms with Gasteiger partial charge in [-0.1, -0.05) is 0 Å². The van der Waals surface area contributed by atoms with Gasteiger partial charge in [-0.05, 0) is 25.0 Å². The standard InChI is InChI=1S/C10H12N2/c1-7-4-11-5-9-10(7)8(2)6-12(9)3/h4-6H,1-3H3. The molecule has 2 heteroatoms. The molecule has 2 heterocycles. The Labute approximate surface area is 71.8 Å². The third kappa shape index (κ3) is 0.843. The van der Waals surface area contributed by atoms with Gasteiger partial charge in [0.2, 0.25) is 0 Å². The van der Waals surface area contributed by atoms with Gasteiger partial charge in [-0.2, -0.15) is 0 Å². The Balaban J connectivity index is 2.99. The zero-order valence-corrected chi connectivity index (χ0v) is 7.63. The van der Waals surface area contributed by atoms with Gasteiger partial charge < -0.3 is 4.57 Å². The molecule has 0 aromatic carbocycles. The number of hydrogen-bond acceptors (Lipinski definition) is 1. The molecule has 0 saturated carbocycles. The average Bonchev–Trinajstić information content (AvgIpc) is 2.29. The topological polar surface area (TPSA) is 17.8 Å². The number of nitrogens with zero attached hydrogens (tertiary/aromatic N) is 2. The number of pyridine rings is 1. The highest BCUT2D eigenvalue weighted by Gasteiger charge is 2.04. The van der Waals surface area contributed by atoms with Crippen molar-refractivity contribution in [2.75, 3.05) is 0 Å². The molecule has 0 amide bonds. The summed E-state index contributed by atoms with van der Waals surface area (Å²) in [6.07, 6.45) is 5.96. The normalized spacial score (nSPS) is 10.9. The minimum Gasteiger partial charge on any atom is -0.349 e. The Morgan fingerprint density at radius 3 is 2.58 bits per heavy atom. The Hall–Kier alpha value is -1.31. The van der Waals surface area contributed by atoms with Crippen LogP contribution in [0.3, 0.4) is 0 Å². The Morgan fingerprint density at radius 1 is 1.17 bits per heavy atom. The summed E-state index contributed by atoms with van der Waals surface area (Å²) in [4.78, 5) is 4.17. The van der Waals surface area contributed by atoms with Gasteiger partial charge in [0.05, 0.1) is 11.7 Å². The highest BCUT2D eigenvalue weighted by Crippen LogP contribution is 2.21. The lowest BCUT2D eigenvalue weighted by Gasteiger charge is -1.97. The molecule has 0 radical (unpaired) electrons. The SMILES string of the molecule is Cc1cncc2c1c(C)cn2C. The zero-order chi connectivity index (χ0) is 8.72. The van der Waals surface area contributed by atoms with Crippen molar-refractivity contribution in [2.45, 2.75) is 13.8 Å². The lowest BCUT2D eigenvalue weighted by Crippen LogP contribution is -1.85. The molecule has 0 bridgehead atoms. The zero-order valence-electron chi connectivity index (χ0n) is 7.63. The summed E-state index contributed by atoms with van der Waals surface area (Å²) in [7, 11) is 2.05. The maximum Gasteiger partial charge on any atom is 0.0669 e. The van der Waals surface area contributed by atoms with Gasteiger partial charge in [0.1, 0.15) is 0 Å². The fourth-order valence-electron chi connectivity index (χ4n) is 1.76. The van der Waals surface area contributed by atoms with Gasteiger partial charge in [-0.3, -0.25) is 4.98 Å². The lowest BCUT2D eigenvalue weighted by molar-refractivity contribution is 0.960. The predicted molar refractivity (Wildman–Crippen MR) is 50.2 cm³/mol. The number of rotatable bonds is 0. The molecule has 0 aliphatic rings. The summed E-state index contributed by atoms with van der Waals surface area (Å²) in [5.74, 6) is 0. The van der Waals surface area contributed by atoms with Crippen molar-refractivity contribution in [1.82, 2.24) is 9.55 Å². The monoisotopic (exact) mass is 160 g/mol. The van der Waals surface area contributed by atoms with Crippen molar-refractivity contribution in [3.63, 3.8) is 0 Å². The van der Waals surface area contributed by atoms with Gasteiger partial charge in [0, 0.05) is 24.8 Å². The van der Waals surface area contributed by atoms with Gasteiger partial charge in [0.25, 0.3) is 0 Å². The summed E-state index contributed by atoms with van der Waals surface area (Å²) in [5, 5.41) is 1.34. The van der Waals surface area contributed by atoms with Crippen LogP contribution in [0.1, 0.15) is 11.1 Å². The highest BCUT2D eigenvalue weighted by atomic mass is 14.9. The van der Waals surface area contributed by atoms with E-state index in [9.17, 15) is 0 Å². The summed E-state index contributed by atoms with van der Waals surface area (Å²) in [6, 6.07) is 0. The maximum absolute atomic E-state index is 4.17. The minimum atomic E-state index is 1.22. The largest absolute Gasteiger partial charge is 0.349 e. The summed E-state index contributed by atoms with van der Waals surface area (Å²) >= 11 is 0. The predicted octanol–water partition coefficient (Wildman–Crippen LogP) is 2.19. The first-order valence-electron chi connectivity index (χ1n) is 4.06. The molecule has 0 fully saturated rings. The van der Waals surface area contributed by atoms with Gasteiger partial charge >= 0.3 is 0 Å². The van der Waals surface area contributed by atoms with Crippen LogP contribution in [0.4, 0.5) is 0 Å². The third-order valence-electron chi connectivity index (χ3n) is 2.28. The van der Waals surface area contributed by atoms with Crippen molar-refractivity contribution in [2.24, 2.45) is 7.05 Å². The lowest BCUT2D eigenvalue weighted by atomic mass is 10.1. The van der Waals surface area contributed by atoms with Crippen molar-refractivity contribution in [3.8, 4) is 0 Å². The molecule has 0 unspecified atom stereocenters. The second-order valence-electron chi connectivity index (χ2n) is 3.27. The van der Waals surface area contributed by atoms with E-state index >= 15 is 0 Å². The quantitative estimate of drug-likeness (QED) is 0.577. The summed E-state index contributed by atoms with van der Waals surface area (Å²) in [5.41, 5.74) is 3.80. The number of aromatic nitrogens is 2. The minimum absolute atomic E-state index is 1.22. The molecule has 0 N–H and O–H groups in total. The van der Waals surface area contributed by atoms with Crippen LogP contribution in [0.5, 0.6) is 0 Å². The van der Waals surface area contributed by atoms with E-state index in [1.807, 2.05) is 12.4 Å². The Bertz CT molecular complexity index is 427. The summed E-state index contributed by atoms with van der Waals surface area (Å²) < 4.78 is 2.12. The first kappa shape index (κ1) is 7.35. The maximum atomic E-state index is 4.17.